The molecule has 2 aromatic heterocycles. The van der Waals surface area contributed by atoms with Gasteiger partial charge in [-0.2, -0.15) is 5.26 Å². The van der Waals surface area contributed by atoms with Crippen molar-refractivity contribution >= 4 is 11.6 Å². The minimum absolute atomic E-state index is 0.273. The summed E-state index contributed by atoms with van der Waals surface area (Å²) in [5.74, 6) is 1.96. The third kappa shape index (κ3) is 3.94. The van der Waals surface area contributed by atoms with E-state index in [1.54, 1.807) is 13.4 Å². The van der Waals surface area contributed by atoms with Crippen LogP contribution in [0.3, 0.4) is 0 Å². The largest absolute Gasteiger partial charge is 0.495 e. The third-order valence-corrected chi connectivity index (χ3v) is 4.73. The van der Waals surface area contributed by atoms with Crippen molar-refractivity contribution in [3.05, 3.63) is 54.4 Å². The highest BCUT2D eigenvalue weighted by Gasteiger charge is 2.14. The van der Waals surface area contributed by atoms with Gasteiger partial charge in [0, 0.05) is 6.54 Å². The fraction of sp³-hybridized carbons (Fsp3) is 0.300. The lowest BCUT2D eigenvalue weighted by Gasteiger charge is -2.16. The van der Waals surface area contributed by atoms with E-state index in [1.807, 2.05) is 16.8 Å². The first-order chi connectivity index (χ1) is 13.7. The predicted molar refractivity (Wildman–Crippen MR) is 105 cm³/mol. The molecule has 1 aromatic carbocycles. The van der Waals surface area contributed by atoms with E-state index in [-0.39, 0.29) is 5.69 Å². The lowest BCUT2D eigenvalue weighted by Crippen LogP contribution is -2.18. The zero-order valence-electron chi connectivity index (χ0n) is 15.7. The fourth-order valence-electron chi connectivity index (χ4n) is 3.33. The van der Waals surface area contributed by atoms with Crippen LogP contribution in [-0.4, -0.2) is 44.6 Å². The topological polar surface area (TPSA) is 91.9 Å². The van der Waals surface area contributed by atoms with Crippen molar-refractivity contribution in [1.82, 2.24) is 24.4 Å². The van der Waals surface area contributed by atoms with Crippen molar-refractivity contribution in [2.75, 3.05) is 25.5 Å². The average molecular weight is 375 g/mol. The second-order valence-electron chi connectivity index (χ2n) is 6.68. The Hall–Kier alpha value is -3.44. The molecule has 8 heteroatoms. The number of anilines is 2. The Morgan fingerprint density at radius 3 is 2.71 bits per heavy atom. The number of ether oxygens (including phenoxy) is 1. The molecular formula is C20H21N7O. The van der Waals surface area contributed by atoms with Crippen LogP contribution in [-0.2, 0) is 6.54 Å². The van der Waals surface area contributed by atoms with Gasteiger partial charge in [-0.1, -0.05) is 6.07 Å². The average Bonchev–Trinajstić information content (AvgIpc) is 3.41. The SMILES string of the molecule is COc1cc(CN2CCCC2)ccc1-n1cnc(Nc2cnc(C#N)cn2)c1. The zero-order chi connectivity index (χ0) is 19.3. The van der Waals surface area contributed by atoms with E-state index in [1.165, 1.54) is 43.9 Å². The van der Waals surface area contributed by atoms with Crippen molar-refractivity contribution in [1.29, 1.82) is 5.26 Å². The number of benzene rings is 1. The molecule has 1 aliphatic heterocycles. The summed E-state index contributed by atoms with van der Waals surface area (Å²) in [5.41, 5.74) is 2.43. The monoisotopic (exact) mass is 375 g/mol. The zero-order valence-corrected chi connectivity index (χ0v) is 15.7. The lowest BCUT2D eigenvalue weighted by atomic mass is 10.1. The molecule has 0 saturated carbocycles. The molecule has 1 aliphatic rings. The molecule has 3 heterocycles. The number of hydrogen-bond acceptors (Lipinski definition) is 7. The highest BCUT2D eigenvalue weighted by atomic mass is 16.5. The molecule has 0 amide bonds. The van der Waals surface area contributed by atoms with E-state index in [9.17, 15) is 0 Å². The number of nitriles is 1. The van der Waals surface area contributed by atoms with Crippen LogP contribution >= 0.6 is 0 Å². The van der Waals surface area contributed by atoms with Gasteiger partial charge in [0.05, 0.1) is 31.4 Å². The molecule has 28 heavy (non-hydrogen) atoms. The summed E-state index contributed by atoms with van der Waals surface area (Å²) >= 11 is 0. The van der Waals surface area contributed by atoms with E-state index in [0.29, 0.717) is 11.6 Å². The standard InChI is InChI=1S/C20H21N7O/c1-28-18-8-15(12-26-6-2-3-7-26)4-5-17(18)27-13-20(24-14-27)25-19-11-22-16(9-21)10-23-19/h4-5,8,10-11,13-14H,2-3,6-7,12H2,1H3,(H,23,25). The molecule has 0 bridgehead atoms. The summed E-state index contributed by atoms with van der Waals surface area (Å²) in [6, 6.07) is 8.22. The van der Waals surface area contributed by atoms with Crippen LogP contribution in [0.4, 0.5) is 11.6 Å². The van der Waals surface area contributed by atoms with Gasteiger partial charge >= 0.3 is 0 Å². The summed E-state index contributed by atoms with van der Waals surface area (Å²) < 4.78 is 7.52. The molecule has 1 saturated heterocycles. The van der Waals surface area contributed by atoms with Gasteiger partial charge in [0.25, 0.3) is 0 Å². The molecule has 8 nitrogen and oxygen atoms in total. The van der Waals surface area contributed by atoms with E-state index in [4.69, 9.17) is 10.00 Å². The van der Waals surface area contributed by atoms with Gasteiger partial charge < -0.3 is 14.6 Å². The molecular weight excluding hydrogens is 354 g/mol. The molecule has 4 rings (SSSR count). The number of aromatic nitrogens is 4. The quantitative estimate of drug-likeness (QED) is 0.708. The second-order valence-corrected chi connectivity index (χ2v) is 6.68. The number of rotatable bonds is 6. The Bertz CT molecular complexity index is 985. The molecule has 3 aromatic rings. The van der Waals surface area contributed by atoms with E-state index in [0.717, 1.165) is 18.0 Å². The van der Waals surface area contributed by atoms with Crippen molar-refractivity contribution in [2.24, 2.45) is 0 Å². The normalized spacial score (nSPS) is 14.0. The van der Waals surface area contributed by atoms with Crippen molar-refractivity contribution in [3.8, 4) is 17.5 Å². The van der Waals surface area contributed by atoms with Crippen LogP contribution in [0.2, 0.25) is 0 Å². The predicted octanol–water partition coefficient (Wildman–Crippen LogP) is 2.88. The number of imidazole rings is 1. The maximum atomic E-state index is 8.79. The van der Waals surface area contributed by atoms with Gasteiger partial charge in [0.1, 0.15) is 29.8 Å². The van der Waals surface area contributed by atoms with Gasteiger partial charge in [-0.15, -0.1) is 0 Å². The van der Waals surface area contributed by atoms with Crippen LogP contribution in [0, 0.1) is 11.3 Å². The summed E-state index contributed by atoms with van der Waals surface area (Å²) in [6.45, 7) is 3.28. The van der Waals surface area contributed by atoms with E-state index in [2.05, 4.69) is 43.4 Å². The molecule has 0 unspecified atom stereocenters. The molecule has 0 radical (unpaired) electrons. The first-order valence-corrected chi connectivity index (χ1v) is 9.18. The third-order valence-electron chi connectivity index (χ3n) is 4.73. The van der Waals surface area contributed by atoms with Crippen LogP contribution < -0.4 is 10.1 Å². The van der Waals surface area contributed by atoms with Crippen LogP contribution in [0.15, 0.2) is 43.1 Å². The van der Waals surface area contributed by atoms with Gasteiger partial charge in [-0.25, -0.2) is 15.0 Å². The van der Waals surface area contributed by atoms with Crippen molar-refractivity contribution < 1.29 is 4.74 Å². The summed E-state index contributed by atoms with van der Waals surface area (Å²) in [7, 11) is 1.68. The van der Waals surface area contributed by atoms with Crippen LogP contribution in [0.25, 0.3) is 5.69 Å². The number of hydrogen-bond donors (Lipinski definition) is 1. The molecule has 0 aliphatic carbocycles. The van der Waals surface area contributed by atoms with E-state index < -0.39 is 0 Å². The number of likely N-dealkylation sites (tertiary alicyclic amines) is 1. The van der Waals surface area contributed by atoms with Crippen LogP contribution in [0.5, 0.6) is 5.75 Å². The Kier molecular flexibility index (Phi) is 5.17. The minimum atomic E-state index is 0.273. The summed E-state index contributed by atoms with van der Waals surface area (Å²) in [5, 5.41) is 11.9. The van der Waals surface area contributed by atoms with Gasteiger partial charge in [0.2, 0.25) is 0 Å². The van der Waals surface area contributed by atoms with E-state index >= 15 is 0 Å². The van der Waals surface area contributed by atoms with Crippen molar-refractivity contribution in [3.63, 3.8) is 0 Å². The number of nitrogens with zero attached hydrogens (tertiary/aromatic N) is 6. The van der Waals surface area contributed by atoms with Gasteiger partial charge in [-0.05, 0) is 43.6 Å². The molecule has 142 valence electrons. The molecule has 0 atom stereocenters. The van der Waals surface area contributed by atoms with Gasteiger partial charge in [-0.3, -0.25) is 4.90 Å². The smallest absolute Gasteiger partial charge is 0.158 e. The Balaban J connectivity index is 1.51. The second kappa shape index (κ2) is 8.06. The Morgan fingerprint density at radius 2 is 2.00 bits per heavy atom. The summed E-state index contributed by atoms with van der Waals surface area (Å²) in [4.78, 5) is 15.0. The number of methoxy groups -OCH3 is 1. The maximum Gasteiger partial charge on any atom is 0.158 e. The van der Waals surface area contributed by atoms with Crippen molar-refractivity contribution in [2.45, 2.75) is 19.4 Å². The maximum absolute atomic E-state index is 8.79. The first kappa shape index (κ1) is 17.9. The van der Waals surface area contributed by atoms with Crippen LogP contribution in [0.1, 0.15) is 24.1 Å². The Labute approximate surface area is 163 Å². The Morgan fingerprint density at radius 1 is 1.14 bits per heavy atom. The lowest BCUT2D eigenvalue weighted by molar-refractivity contribution is 0.330. The highest BCUT2D eigenvalue weighted by Crippen LogP contribution is 2.26. The highest BCUT2D eigenvalue weighted by molar-refractivity contribution is 5.54. The van der Waals surface area contributed by atoms with Gasteiger partial charge in [0.15, 0.2) is 5.69 Å². The fourth-order valence-corrected chi connectivity index (χ4v) is 3.33. The molecule has 0 spiro atoms. The minimum Gasteiger partial charge on any atom is -0.495 e. The molecule has 1 N–H and O–H groups in total. The number of nitrogens with one attached hydrogen (secondary N) is 1. The molecule has 1 fully saturated rings. The first-order valence-electron chi connectivity index (χ1n) is 9.18. The summed E-state index contributed by atoms with van der Waals surface area (Å²) in [6.07, 6.45) is 9.06.